The quantitative estimate of drug-likeness (QED) is 0.876. The Bertz CT molecular complexity index is 497. The molecule has 0 aliphatic rings. The van der Waals surface area contributed by atoms with Gasteiger partial charge in [-0.3, -0.25) is 0 Å². The van der Waals surface area contributed by atoms with Gasteiger partial charge >= 0.3 is 0 Å². The molecule has 0 spiro atoms. The number of nitrogen functional groups attached to an aromatic ring is 1. The summed E-state index contributed by atoms with van der Waals surface area (Å²) in [6.07, 6.45) is 6.46. The molecule has 1 heterocycles. The molecule has 2 N–H and O–H groups in total. The van der Waals surface area contributed by atoms with Crippen LogP contribution in [0.5, 0.6) is 11.6 Å². The molecule has 0 aliphatic carbocycles. The molecule has 1 aromatic carbocycles. The van der Waals surface area contributed by atoms with Gasteiger partial charge in [0.1, 0.15) is 17.8 Å². The molecule has 0 aliphatic heterocycles. The summed E-state index contributed by atoms with van der Waals surface area (Å²) in [5.41, 5.74) is 7.47. The number of hydrogen-bond acceptors (Lipinski definition) is 4. The van der Waals surface area contributed by atoms with Gasteiger partial charge in [-0.1, -0.05) is 25.5 Å². The fourth-order valence-electron chi connectivity index (χ4n) is 1.63. The first-order valence-electron chi connectivity index (χ1n) is 6.12. The summed E-state index contributed by atoms with van der Waals surface area (Å²) in [4.78, 5) is 7.81. The van der Waals surface area contributed by atoms with E-state index in [1.165, 1.54) is 30.9 Å². The summed E-state index contributed by atoms with van der Waals surface area (Å²) in [5, 5.41) is 0. The van der Waals surface area contributed by atoms with Gasteiger partial charge in [-0.05, 0) is 30.5 Å². The van der Waals surface area contributed by atoms with Gasteiger partial charge < -0.3 is 10.5 Å². The number of ether oxygens (including phenoxy) is 1. The van der Waals surface area contributed by atoms with Crippen molar-refractivity contribution in [2.75, 3.05) is 5.73 Å². The Labute approximate surface area is 107 Å². The number of anilines is 1. The van der Waals surface area contributed by atoms with Gasteiger partial charge in [0, 0.05) is 0 Å². The van der Waals surface area contributed by atoms with Crippen LogP contribution in [0.15, 0.2) is 36.8 Å². The smallest absolute Gasteiger partial charge is 0.245 e. The zero-order chi connectivity index (χ0) is 12.8. The van der Waals surface area contributed by atoms with Crippen molar-refractivity contribution in [1.82, 2.24) is 9.97 Å². The van der Waals surface area contributed by atoms with Gasteiger partial charge in [-0.25, -0.2) is 4.98 Å². The fraction of sp³-hybridized carbons (Fsp3) is 0.286. The van der Waals surface area contributed by atoms with Crippen LogP contribution < -0.4 is 10.5 Å². The third-order valence-electron chi connectivity index (χ3n) is 2.66. The molecule has 0 amide bonds. The third kappa shape index (κ3) is 3.20. The molecule has 0 saturated heterocycles. The molecule has 0 radical (unpaired) electrons. The minimum absolute atomic E-state index is 0.395. The van der Waals surface area contributed by atoms with Crippen molar-refractivity contribution in [3.05, 3.63) is 42.4 Å². The van der Waals surface area contributed by atoms with Crippen molar-refractivity contribution in [2.24, 2.45) is 0 Å². The zero-order valence-electron chi connectivity index (χ0n) is 10.5. The lowest BCUT2D eigenvalue weighted by Gasteiger charge is -2.07. The van der Waals surface area contributed by atoms with Crippen molar-refractivity contribution in [2.45, 2.75) is 26.2 Å². The Morgan fingerprint density at radius 1 is 1.22 bits per heavy atom. The monoisotopic (exact) mass is 243 g/mol. The number of nitrogens with two attached hydrogens (primary N) is 1. The Kier molecular flexibility index (Phi) is 4.12. The predicted molar refractivity (Wildman–Crippen MR) is 71.6 cm³/mol. The minimum atomic E-state index is 0.395. The minimum Gasteiger partial charge on any atom is -0.437 e. The van der Waals surface area contributed by atoms with Crippen LogP contribution in [0.3, 0.4) is 0 Å². The summed E-state index contributed by atoms with van der Waals surface area (Å²) < 4.78 is 5.59. The van der Waals surface area contributed by atoms with E-state index in [1.54, 1.807) is 0 Å². The normalized spacial score (nSPS) is 10.3. The molecule has 94 valence electrons. The number of aryl methyl sites for hydroxylation is 1. The van der Waals surface area contributed by atoms with Crippen LogP contribution in [0.4, 0.5) is 5.69 Å². The number of benzene rings is 1. The second-order valence-corrected chi connectivity index (χ2v) is 4.13. The van der Waals surface area contributed by atoms with E-state index in [2.05, 4.69) is 29.0 Å². The van der Waals surface area contributed by atoms with E-state index in [0.29, 0.717) is 11.6 Å². The van der Waals surface area contributed by atoms with Crippen molar-refractivity contribution in [1.29, 1.82) is 0 Å². The van der Waals surface area contributed by atoms with E-state index in [0.717, 1.165) is 12.2 Å². The van der Waals surface area contributed by atoms with Crippen molar-refractivity contribution >= 4 is 5.69 Å². The van der Waals surface area contributed by atoms with E-state index in [1.807, 2.05) is 12.1 Å². The summed E-state index contributed by atoms with van der Waals surface area (Å²) in [7, 11) is 0. The second-order valence-electron chi connectivity index (χ2n) is 4.13. The van der Waals surface area contributed by atoms with Gasteiger partial charge in [0.15, 0.2) is 0 Å². The lowest BCUT2D eigenvalue weighted by molar-refractivity contribution is 0.464. The Morgan fingerprint density at radius 2 is 2.00 bits per heavy atom. The lowest BCUT2D eigenvalue weighted by atomic mass is 10.1. The molecule has 2 rings (SSSR count). The molecule has 2 aromatic rings. The number of nitrogens with zero attached hydrogens (tertiary/aromatic N) is 2. The molecule has 0 fully saturated rings. The topological polar surface area (TPSA) is 61.0 Å². The highest BCUT2D eigenvalue weighted by atomic mass is 16.5. The van der Waals surface area contributed by atoms with Crippen molar-refractivity contribution in [3.8, 4) is 11.6 Å². The number of hydrogen-bond donors (Lipinski definition) is 1. The van der Waals surface area contributed by atoms with E-state index >= 15 is 0 Å². The summed E-state index contributed by atoms with van der Waals surface area (Å²) in [5.74, 6) is 1.13. The van der Waals surface area contributed by atoms with Crippen molar-refractivity contribution < 1.29 is 4.74 Å². The molecule has 0 saturated carbocycles. The first-order valence-corrected chi connectivity index (χ1v) is 6.12. The maximum absolute atomic E-state index is 5.71. The van der Waals surface area contributed by atoms with Gasteiger partial charge in [0.05, 0.1) is 6.20 Å². The molecule has 1 aromatic heterocycles. The van der Waals surface area contributed by atoms with E-state index in [9.17, 15) is 0 Å². The van der Waals surface area contributed by atoms with Crippen LogP contribution in [0.25, 0.3) is 0 Å². The van der Waals surface area contributed by atoms with Crippen LogP contribution >= 0.6 is 0 Å². The van der Waals surface area contributed by atoms with Crippen LogP contribution in [-0.2, 0) is 6.42 Å². The summed E-state index contributed by atoms with van der Waals surface area (Å²) >= 11 is 0. The van der Waals surface area contributed by atoms with Gasteiger partial charge in [0.2, 0.25) is 5.88 Å². The van der Waals surface area contributed by atoms with Gasteiger partial charge in [0.25, 0.3) is 0 Å². The first kappa shape index (κ1) is 12.4. The van der Waals surface area contributed by atoms with E-state index < -0.39 is 0 Å². The second kappa shape index (κ2) is 6.00. The molecular weight excluding hydrogens is 226 g/mol. The Balaban J connectivity index is 2.04. The zero-order valence-corrected chi connectivity index (χ0v) is 10.5. The average Bonchev–Trinajstić information content (AvgIpc) is 2.41. The molecule has 18 heavy (non-hydrogen) atoms. The molecule has 0 atom stereocenters. The van der Waals surface area contributed by atoms with E-state index in [4.69, 9.17) is 10.5 Å². The highest BCUT2D eigenvalue weighted by molar-refractivity contribution is 5.47. The van der Waals surface area contributed by atoms with Crippen LogP contribution in [0.1, 0.15) is 25.3 Å². The molecule has 0 bridgehead atoms. The summed E-state index contributed by atoms with van der Waals surface area (Å²) in [6, 6.07) is 8.02. The third-order valence-corrected chi connectivity index (χ3v) is 2.66. The fourth-order valence-corrected chi connectivity index (χ4v) is 1.63. The molecule has 4 nitrogen and oxygen atoms in total. The average molecular weight is 243 g/mol. The van der Waals surface area contributed by atoms with Crippen LogP contribution in [0.2, 0.25) is 0 Å². The Hall–Kier alpha value is -2.10. The maximum atomic E-state index is 5.71. The standard InChI is InChI=1S/C14H17N3O/c1-2-3-4-11-5-7-12(8-6-11)18-14-13(15)9-16-10-17-14/h5-10H,2-4,15H2,1H3. The molecule has 0 unspecified atom stereocenters. The lowest BCUT2D eigenvalue weighted by Crippen LogP contribution is -1.95. The highest BCUT2D eigenvalue weighted by Gasteiger charge is 2.03. The van der Waals surface area contributed by atoms with Gasteiger partial charge in [-0.15, -0.1) is 0 Å². The highest BCUT2D eigenvalue weighted by Crippen LogP contribution is 2.24. The molecule has 4 heteroatoms. The summed E-state index contributed by atoms with van der Waals surface area (Å²) in [6.45, 7) is 2.19. The number of rotatable bonds is 5. The predicted octanol–water partition coefficient (Wildman–Crippen LogP) is 3.19. The SMILES string of the molecule is CCCCc1ccc(Oc2ncncc2N)cc1. The number of unbranched alkanes of at least 4 members (excludes halogenated alkanes) is 1. The molecular formula is C14H17N3O. The van der Waals surface area contributed by atoms with Crippen LogP contribution in [0, 0.1) is 0 Å². The largest absolute Gasteiger partial charge is 0.437 e. The first-order chi connectivity index (χ1) is 8.79. The van der Waals surface area contributed by atoms with Crippen molar-refractivity contribution in [3.63, 3.8) is 0 Å². The van der Waals surface area contributed by atoms with E-state index in [-0.39, 0.29) is 0 Å². The van der Waals surface area contributed by atoms with Crippen LogP contribution in [-0.4, -0.2) is 9.97 Å². The number of aromatic nitrogens is 2. The maximum Gasteiger partial charge on any atom is 0.245 e. The Morgan fingerprint density at radius 3 is 2.67 bits per heavy atom. The van der Waals surface area contributed by atoms with Gasteiger partial charge in [-0.2, -0.15) is 4.98 Å².